The Balaban J connectivity index is 1.64. The van der Waals surface area contributed by atoms with E-state index in [9.17, 15) is 19.6 Å². The highest BCUT2D eigenvalue weighted by Crippen LogP contribution is 2.44. The third-order valence-electron chi connectivity index (χ3n) is 6.10. The van der Waals surface area contributed by atoms with Crippen LogP contribution >= 0.6 is 0 Å². The second-order valence-corrected chi connectivity index (χ2v) is 7.79. The molecule has 6 heteroatoms. The van der Waals surface area contributed by atoms with Crippen molar-refractivity contribution in [2.45, 2.75) is 49.7 Å². The molecule has 2 amide bonds. The Hall–Kier alpha value is -2.91. The van der Waals surface area contributed by atoms with Crippen LogP contribution in [0.25, 0.3) is 11.1 Å². The van der Waals surface area contributed by atoms with Crippen molar-refractivity contribution in [1.82, 2.24) is 10.2 Å². The summed E-state index contributed by atoms with van der Waals surface area (Å²) in [6.45, 7) is -0.238. The van der Waals surface area contributed by atoms with E-state index < -0.39 is 12.1 Å². The summed E-state index contributed by atoms with van der Waals surface area (Å²) in [6.07, 6.45) is 4.10. The third kappa shape index (κ3) is 3.58. The predicted octanol–water partition coefficient (Wildman–Crippen LogP) is 3.80. The van der Waals surface area contributed by atoms with Crippen molar-refractivity contribution in [2.75, 3.05) is 6.61 Å². The molecule has 1 heterocycles. The van der Waals surface area contributed by atoms with E-state index in [2.05, 4.69) is 11.4 Å². The summed E-state index contributed by atoms with van der Waals surface area (Å²) >= 11 is 0. The van der Waals surface area contributed by atoms with Gasteiger partial charge in [0.15, 0.2) is 0 Å². The number of aliphatic hydroxyl groups is 1. The smallest absolute Gasteiger partial charge is 0.319 e. The number of halogens is 1. The van der Waals surface area contributed by atoms with E-state index in [1.807, 2.05) is 30.3 Å². The number of carbonyl (C=O) groups excluding carboxylic acids is 1. The fourth-order valence-electron chi connectivity index (χ4n) is 4.69. The number of amides is 2. The van der Waals surface area contributed by atoms with E-state index in [1.165, 1.54) is 17.0 Å². The molecule has 3 atom stereocenters. The lowest BCUT2D eigenvalue weighted by Gasteiger charge is -2.52. The Labute approximate surface area is 169 Å². The lowest BCUT2D eigenvalue weighted by molar-refractivity contribution is 0.0160. The summed E-state index contributed by atoms with van der Waals surface area (Å²) < 4.78 is 13.8. The highest BCUT2D eigenvalue weighted by atomic mass is 19.1. The largest absolute Gasteiger partial charge is 0.394 e. The molecule has 150 valence electrons. The molecule has 0 radical (unpaired) electrons. The van der Waals surface area contributed by atoms with Gasteiger partial charge >= 0.3 is 6.03 Å². The normalized spacial score (nSPS) is 24.0. The van der Waals surface area contributed by atoms with E-state index in [0.29, 0.717) is 5.56 Å². The van der Waals surface area contributed by atoms with E-state index in [0.717, 1.165) is 36.8 Å². The van der Waals surface area contributed by atoms with Crippen molar-refractivity contribution in [2.24, 2.45) is 0 Å². The minimum absolute atomic E-state index is 0.139. The van der Waals surface area contributed by atoms with Crippen LogP contribution < -0.4 is 5.32 Å². The molecule has 1 aliphatic heterocycles. The van der Waals surface area contributed by atoms with Crippen LogP contribution in [0.4, 0.5) is 9.18 Å². The molecule has 2 N–H and O–H groups in total. The van der Waals surface area contributed by atoms with Gasteiger partial charge in [-0.15, -0.1) is 0 Å². The highest BCUT2D eigenvalue weighted by molar-refractivity contribution is 5.79. The SMILES string of the molecule is N#C[C@H]1[C@H](c2ccccc2-c2cccc(F)c2)[C@@H](CO)N1C(=O)NC1CCCC1. The van der Waals surface area contributed by atoms with Crippen molar-refractivity contribution >= 4 is 6.03 Å². The second kappa shape index (κ2) is 8.22. The van der Waals surface area contributed by atoms with Crippen molar-refractivity contribution in [3.8, 4) is 17.2 Å². The van der Waals surface area contributed by atoms with E-state index >= 15 is 0 Å². The molecule has 2 fully saturated rings. The maximum Gasteiger partial charge on any atom is 0.319 e. The Morgan fingerprint density at radius 2 is 1.97 bits per heavy atom. The van der Waals surface area contributed by atoms with Gasteiger partial charge in [0.05, 0.1) is 18.7 Å². The fourth-order valence-corrected chi connectivity index (χ4v) is 4.69. The fraction of sp³-hybridized carbons (Fsp3) is 0.391. The number of nitrogens with one attached hydrogen (secondary N) is 1. The van der Waals surface area contributed by atoms with Gasteiger partial charge in [0.2, 0.25) is 0 Å². The Morgan fingerprint density at radius 1 is 1.21 bits per heavy atom. The standard InChI is InChI=1S/C23H24FN3O2/c24-16-7-5-6-15(12-16)18-10-3-4-11-19(18)22-20(13-25)27(21(22)14-28)23(29)26-17-8-1-2-9-17/h3-7,10-12,17,20-22,28H,1-2,8-9,14H2,(H,26,29)/t20-,21+,22-/m0/s1. The van der Waals surface area contributed by atoms with Gasteiger partial charge in [-0.1, -0.05) is 49.2 Å². The molecule has 1 saturated carbocycles. The zero-order chi connectivity index (χ0) is 20.4. The summed E-state index contributed by atoms with van der Waals surface area (Å²) in [5, 5.41) is 22.8. The van der Waals surface area contributed by atoms with Crippen molar-refractivity contribution in [1.29, 1.82) is 5.26 Å². The van der Waals surface area contributed by atoms with Gasteiger partial charge in [-0.2, -0.15) is 5.26 Å². The molecule has 2 aliphatic rings. The summed E-state index contributed by atoms with van der Waals surface area (Å²) in [7, 11) is 0. The molecule has 2 aromatic carbocycles. The summed E-state index contributed by atoms with van der Waals surface area (Å²) in [4.78, 5) is 14.3. The van der Waals surface area contributed by atoms with Crippen LogP contribution in [0.3, 0.4) is 0 Å². The van der Waals surface area contributed by atoms with Crippen molar-refractivity contribution in [3.05, 3.63) is 59.9 Å². The van der Waals surface area contributed by atoms with Crippen LogP contribution in [0.5, 0.6) is 0 Å². The van der Waals surface area contributed by atoms with Crippen molar-refractivity contribution < 1.29 is 14.3 Å². The maximum absolute atomic E-state index is 13.8. The minimum Gasteiger partial charge on any atom is -0.394 e. The monoisotopic (exact) mass is 393 g/mol. The number of carbonyl (C=O) groups is 1. The minimum atomic E-state index is -0.678. The molecular weight excluding hydrogens is 369 g/mol. The predicted molar refractivity (Wildman–Crippen MR) is 107 cm³/mol. The Morgan fingerprint density at radius 3 is 2.66 bits per heavy atom. The topological polar surface area (TPSA) is 76.4 Å². The van der Waals surface area contributed by atoms with Gasteiger partial charge < -0.3 is 15.3 Å². The average molecular weight is 393 g/mol. The Kier molecular flexibility index (Phi) is 5.50. The first-order valence-corrected chi connectivity index (χ1v) is 10.1. The molecule has 0 unspecified atom stereocenters. The number of rotatable bonds is 4. The summed E-state index contributed by atoms with van der Waals surface area (Å²) in [5.41, 5.74) is 2.36. The van der Waals surface area contributed by atoms with Gasteiger partial charge in [0.25, 0.3) is 0 Å². The molecule has 5 nitrogen and oxygen atoms in total. The molecule has 0 bridgehead atoms. The lowest BCUT2D eigenvalue weighted by Crippen LogP contribution is -2.67. The third-order valence-corrected chi connectivity index (χ3v) is 6.10. The first kappa shape index (κ1) is 19.4. The maximum atomic E-state index is 13.8. The quantitative estimate of drug-likeness (QED) is 0.830. The molecule has 4 rings (SSSR count). The van der Waals surface area contributed by atoms with Crippen LogP contribution in [0.2, 0.25) is 0 Å². The van der Waals surface area contributed by atoms with Crippen LogP contribution in [-0.4, -0.2) is 40.8 Å². The van der Waals surface area contributed by atoms with Gasteiger partial charge in [-0.3, -0.25) is 0 Å². The van der Waals surface area contributed by atoms with Crippen LogP contribution in [0.15, 0.2) is 48.5 Å². The molecule has 2 aromatic rings. The second-order valence-electron chi connectivity index (χ2n) is 7.79. The molecular formula is C23H24FN3O2. The van der Waals surface area contributed by atoms with E-state index in [1.54, 1.807) is 6.07 Å². The number of likely N-dealkylation sites (tertiary alicyclic amines) is 1. The molecule has 0 aromatic heterocycles. The first-order chi connectivity index (χ1) is 14.1. The molecule has 1 saturated heterocycles. The Bertz CT molecular complexity index is 936. The van der Waals surface area contributed by atoms with Gasteiger partial charge in [-0.25, -0.2) is 9.18 Å². The number of benzene rings is 2. The van der Waals surface area contributed by atoms with Crippen LogP contribution in [0, 0.1) is 17.1 Å². The molecule has 0 spiro atoms. The van der Waals surface area contributed by atoms with Crippen molar-refractivity contribution in [3.63, 3.8) is 0 Å². The van der Waals surface area contributed by atoms with E-state index in [4.69, 9.17) is 0 Å². The number of hydrogen-bond donors (Lipinski definition) is 2. The highest BCUT2D eigenvalue weighted by Gasteiger charge is 2.52. The summed E-state index contributed by atoms with van der Waals surface area (Å²) in [6, 6.07) is 14.7. The number of hydrogen-bond acceptors (Lipinski definition) is 3. The number of urea groups is 1. The van der Waals surface area contributed by atoms with Crippen LogP contribution in [-0.2, 0) is 0 Å². The van der Waals surface area contributed by atoms with E-state index in [-0.39, 0.29) is 30.4 Å². The van der Waals surface area contributed by atoms with Gasteiger partial charge in [0, 0.05) is 12.0 Å². The van der Waals surface area contributed by atoms with Gasteiger partial charge in [0.1, 0.15) is 11.9 Å². The number of aliphatic hydroxyl groups excluding tert-OH is 1. The lowest BCUT2D eigenvalue weighted by atomic mass is 9.73. The van der Waals surface area contributed by atoms with Gasteiger partial charge in [-0.05, 0) is 41.7 Å². The zero-order valence-corrected chi connectivity index (χ0v) is 16.1. The number of nitriles is 1. The van der Waals surface area contributed by atoms with Crippen LogP contribution in [0.1, 0.15) is 37.2 Å². The summed E-state index contributed by atoms with van der Waals surface area (Å²) in [5.74, 6) is -0.669. The zero-order valence-electron chi connectivity index (χ0n) is 16.1. The molecule has 29 heavy (non-hydrogen) atoms. The average Bonchev–Trinajstić information content (AvgIpc) is 3.21. The molecule has 1 aliphatic carbocycles. The number of nitrogens with zero attached hydrogens (tertiary/aromatic N) is 2. The first-order valence-electron chi connectivity index (χ1n) is 10.1.